The number of aromatic nitrogens is 2. The number of allylic oxidation sites excluding steroid dienone is 3. The highest BCUT2D eigenvalue weighted by atomic mass is 14.9. The third kappa shape index (κ3) is 1.16. The van der Waals surface area contributed by atoms with Crippen LogP contribution in [0.25, 0.3) is 5.57 Å². The molecule has 0 saturated carbocycles. The van der Waals surface area contributed by atoms with Crippen molar-refractivity contribution in [1.29, 1.82) is 0 Å². The van der Waals surface area contributed by atoms with Crippen molar-refractivity contribution in [2.75, 3.05) is 0 Å². The van der Waals surface area contributed by atoms with E-state index in [2.05, 4.69) is 16.5 Å². The van der Waals surface area contributed by atoms with Gasteiger partial charge in [-0.3, -0.25) is 0 Å². The lowest BCUT2D eigenvalue weighted by molar-refractivity contribution is 1.24. The third-order valence-electron chi connectivity index (χ3n) is 1.30. The predicted octanol–water partition coefficient (Wildman–Crippen LogP) is 2.00. The van der Waals surface area contributed by atoms with Gasteiger partial charge in [-0.2, -0.15) is 0 Å². The summed E-state index contributed by atoms with van der Waals surface area (Å²) in [6.45, 7) is 5.62. The minimum absolute atomic E-state index is 0.873. The summed E-state index contributed by atoms with van der Waals surface area (Å²) >= 11 is 0. The van der Waals surface area contributed by atoms with E-state index in [0.29, 0.717) is 0 Å². The van der Waals surface area contributed by atoms with E-state index in [-0.39, 0.29) is 0 Å². The number of aromatic amines is 1. The maximum absolute atomic E-state index is 4.06. The molecule has 0 spiro atoms. The Morgan fingerprint density at radius 3 is 3.00 bits per heavy atom. The smallest absolute Gasteiger partial charge is 0.136 e. The van der Waals surface area contributed by atoms with Crippen molar-refractivity contribution in [1.82, 2.24) is 9.97 Å². The van der Waals surface area contributed by atoms with E-state index in [9.17, 15) is 0 Å². The first kappa shape index (κ1) is 6.81. The summed E-state index contributed by atoms with van der Waals surface area (Å²) in [6, 6.07) is 0. The SMILES string of the molecule is C=C/C(=C\C)c1ncc[nH]1. The van der Waals surface area contributed by atoms with Gasteiger partial charge in [-0.1, -0.05) is 18.7 Å². The topological polar surface area (TPSA) is 28.7 Å². The third-order valence-corrected chi connectivity index (χ3v) is 1.30. The fourth-order valence-corrected chi connectivity index (χ4v) is 0.774. The highest BCUT2D eigenvalue weighted by molar-refractivity contribution is 5.68. The van der Waals surface area contributed by atoms with Crippen LogP contribution < -0.4 is 0 Å². The highest BCUT2D eigenvalue weighted by Crippen LogP contribution is 2.07. The zero-order valence-corrected chi connectivity index (χ0v) is 5.96. The molecule has 0 radical (unpaired) electrons. The van der Waals surface area contributed by atoms with Crippen LogP contribution >= 0.6 is 0 Å². The van der Waals surface area contributed by atoms with Gasteiger partial charge < -0.3 is 4.98 Å². The van der Waals surface area contributed by atoms with Gasteiger partial charge in [0.25, 0.3) is 0 Å². The molecule has 1 aromatic rings. The molecule has 0 aliphatic carbocycles. The van der Waals surface area contributed by atoms with Crippen LogP contribution in [0.2, 0.25) is 0 Å². The van der Waals surface area contributed by atoms with Gasteiger partial charge in [-0.15, -0.1) is 0 Å². The van der Waals surface area contributed by atoms with Crippen LogP contribution in [0.5, 0.6) is 0 Å². The van der Waals surface area contributed by atoms with Crippen molar-refractivity contribution in [3.8, 4) is 0 Å². The Labute approximate surface area is 60.3 Å². The number of nitrogens with one attached hydrogen (secondary N) is 1. The molecule has 2 nitrogen and oxygen atoms in total. The average molecular weight is 134 g/mol. The van der Waals surface area contributed by atoms with E-state index >= 15 is 0 Å². The van der Waals surface area contributed by atoms with Crippen LogP contribution in [-0.2, 0) is 0 Å². The lowest BCUT2D eigenvalue weighted by atomic mass is 10.2. The van der Waals surface area contributed by atoms with Crippen molar-refractivity contribution in [3.63, 3.8) is 0 Å². The number of hydrogen-bond acceptors (Lipinski definition) is 1. The van der Waals surface area contributed by atoms with E-state index in [1.807, 2.05) is 13.0 Å². The summed E-state index contributed by atoms with van der Waals surface area (Å²) in [5.41, 5.74) is 1.03. The Morgan fingerprint density at radius 1 is 1.80 bits per heavy atom. The van der Waals surface area contributed by atoms with Crippen LogP contribution in [0.15, 0.2) is 31.1 Å². The summed E-state index contributed by atoms with van der Waals surface area (Å²) in [4.78, 5) is 7.05. The van der Waals surface area contributed by atoms with Gasteiger partial charge in [-0.05, 0) is 6.92 Å². The first-order chi connectivity index (χ1) is 4.88. The lowest BCUT2D eigenvalue weighted by Gasteiger charge is -1.92. The van der Waals surface area contributed by atoms with E-state index in [1.54, 1.807) is 18.5 Å². The van der Waals surface area contributed by atoms with Gasteiger partial charge in [0.15, 0.2) is 0 Å². The summed E-state index contributed by atoms with van der Waals surface area (Å²) in [5.74, 6) is 0.873. The molecule has 52 valence electrons. The van der Waals surface area contributed by atoms with Gasteiger partial charge in [-0.25, -0.2) is 4.98 Å². The van der Waals surface area contributed by atoms with Crippen LogP contribution in [0, 0.1) is 0 Å². The van der Waals surface area contributed by atoms with Gasteiger partial charge in [0, 0.05) is 18.0 Å². The molecule has 0 bridgehead atoms. The van der Waals surface area contributed by atoms with Gasteiger partial charge >= 0.3 is 0 Å². The van der Waals surface area contributed by atoms with Crippen LogP contribution in [-0.4, -0.2) is 9.97 Å². The molecule has 2 heteroatoms. The van der Waals surface area contributed by atoms with Crippen molar-refractivity contribution in [3.05, 3.63) is 36.9 Å². The van der Waals surface area contributed by atoms with Crippen molar-refractivity contribution < 1.29 is 0 Å². The second-order valence-corrected chi connectivity index (χ2v) is 1.89. The normalized spacial score (nSPS) is 11.5. The van der Waals surface area contributed by atoms with Crippen molar-refractivity contribution in [2.45, 2.75) is 6.92 Å². The fourth-order valence-electron chi connectivity index (χ4n) is 0.774. The minimum atomic E-state index is 0.873. The minimum Gasteiger partial charge on any atom is -0.345 e. The molecule has 1 heterocycles. The molecule has 0 aromatic carbocycles. The predicted molar refractivity (Wildman–Crippen MR) is 42.4 cm³/mol. The van der Waals surface area contributed by atoms with E-state index in [4.69, 9.17) is 0 Å². The lowest BCUT2D eigenvalue weighted by Crippen LogP contribution is -1.81. The molecule has 10 heavy (non-hydrogen) atoms. The monoisotopic (exact) mass is 134 g/mol. The Morgan fingerprint density at radius 2 is 2.60 bits per heavy atom. The molecular weight excluding hydrogens is 124 g/mol. The summed E-state index contributed by atoms with van der Waals surface area (Å²) in [5, 5.41) is 0. The molecule has 0 unspecified atom stereocenters. The Hall–Kier alpha value is -1.31. The molecule has 0 amide bonds. The molecule has 1 N–H and O–H groups in total. The average Bonchev–Trinajstić information content (AvgIpc) is 2.43. The second-order valence-electron chi connectivity index (χ2n) is 1.89. The molecule has 0 fully saturated rings. The molecule has 1 aromatic heterocycles. The van der Waals surface area contributed by atoms with Crippen LogP contribution in [0.3, 0.4) is 0 Å². The molecular formula is C8H10N2. The quantitative estimate of drug-likeness (QED) is 0.616. The second kappa shape index (κ2) is 3.01. The Kier molecular flexibility index (Phi) is 2.05. The number of H-pyrrole nitrogens is 1. The van der Waals surface area contributed by atoms with Gasteiger partial charge in [0.05, 0.1) is 0 Å². The largest absolute Gasteiger partial charge is 0.345 e. The van der Waals surface area contributed by atoms with Crippen molar-refractivity contribution >= 4 is 5.57 Å². The van der Waals surface area contributed by atoms with Gasteiger partial charge in [0.1, 0.15) is 5.82 Å². The first-order valence-electron chi connectivity index (χ1n) is 3.17. The number of imidazole rings is 1. The molecule has 1 rings (SSSR count). The Balaban J connectivity index is 2.95. The van der Waals surface area contributed by atoms with Gasteiger partial charge in [0.2, 0.25) is 0 Å². The maximum atomic E-state index is 4.06. The van der Waals surface area contributed by atoms with Crippen molar-refractivity contribution in [2.24, 2.45) is 0 Å². The fraction of sp³-hybridized carbons (Fsp3) is 0.125. The number of hydrogen-bond donors (Lipinski definition) is 1. The van der Waals surface area contributed by atoms with E-state index < -0.39 is 0 Å². The standard InChI is InChI=1S/C8H10N2/c1-3-7(4-2)8-9-5-6-10-8/h3-6H,1H2,2H3,(H,9,10)/b7-4+. The van der Waals surface area contributed by atoms with Crippen LogP contribution in [0.1, 0.15) is 12.7 Å². The Bertz CT molecular complexity index is 232. The molecule has 0 saturated heterocycles. The number of rotatable bonds is 2. The molecule has 0 aliphatic heterocycles. The first-order valence-corrected chi connectivity index (χ1v) is 3.17. The van der Waals surface area contributed by atoms with Crippen LogP contribution in [0.4, 0.5) is 0 Å². The molecule has 0 atom stereocenters. The molecule has 0 aliphatic rings. The maximum Gasteiger partial charge on any atom is 0.136 e. The number of nitrogens with zero attached hydrogens (tertiary/aromatic N) is 1. The zero-order chi connectivity index (χ0) is 7.40. The summed E-state index contributed by atoms with van der Waals surface area (Å²) in [7, 11) is 0. The summed E-state index contributed by atoms with van der Waals surface area (Å²) in [6.07, 6.45) is 7.26. The highest BCUT2D eigenvalue weighted by Gasteiger charge is 1.94. The summed E-state index contributed by atoms with van der Waals surface area (Å²) < 4.78 is 0. The zero-order valence-electron chi connectivity index (χ0n) is 5.96. The van der Waals surface area contributed by atoms with E-state index in [0.717, 1.165) is 11.4 Å². The van der Waals surface area contributed by atoms with E-state index in [1.165, 1.54) is 0 Å².